The van der Waals surface area contributed by atoms with Crippen LogP contribution >= 0.6 is 0 Å². The van der Waals surface area contributed by atoms with Gasteiger partial charge in [0, 0.05) is 24.6 Å². The molecule has 2 aromatic rings. The van der Waals surface area contributed by atoms with Gasteiger partial charge in [-0.05, 0) is 43.5 Å². The lowest BCUT2D eigenvalue weighted by Gasteiger charge is -2.31. The molecule has 0 saturated carbocycles. The third-order valence-corrected chi connectivity index (χ3v) is 7.77. The fraction of sp³-hybridized carbons (Fsp3) is 0.435. The summed E-state index contributed by atoms with van der Waals surface area (Å²) in [6, 6.07) is 11.3. The lowest BCUT2D eigenvalue weighted by molar-refractivity contribution is -0.126. The van der Waals surface area contributed by atoms with Gasteiger partial charge in [0.05, 0.1) is 11.8 Å². The molecule has 9 heteroatoms. The first-order valence-electron chi connectivity index (χ1n) is 10.7. The lowest BCUT2D eigenvalue weighted by Crippen LogP contribution is -2.43. The van der Waals surface area contributed by atoms with Gasteiger partial charge in [-0.3, -0.25) is 4.79 Å². The number of hydrogen-bond donors (Lipinski definition) is 1. The molecular weight excluding hydrogens is 435 g/mol. The van der Waals surface area contributed by atoms with E-state index in [2.05, 4.69) is 5.32 Å². The summed E-state index contributed by atoms with van der Waals surface area (Å²) in [6.07, 6.45) is 0.854. The van der Waals surface area contributed by atoms with E-state index in [0.717, 1.165) is 5.56 Å². The van der Waals surface area contributed by atoms with Gasteiger partial charge in [0.15, 0.2) is 11.5 Å². The smallest absolute Gasteiger partial charge is 0.223 e. The summed E-state index contributed by atoms with van der Waals surface area (Å²) in [5.41, 5.74) is 1.06. The second-order valence-corrected chi connectivity index (χ2v) is 10.1. The number of fused-ring (bicyclic) bond motifs is 1. The van der Waals surface area contributed by atoms with Crippen LogP contribution in [-0.4, -0.2) is 44.9 Å². The van der Waals surface area contributed by atoms with Gasteiger partial charge < -0.3 is 14.8 Å². The Morgan fingerprint density at radius 1 is 1.12 bits per heavy atom. The number of hydrogen-bond acceptors (Lipinski definition) is 5. The second-order valence-electron chi connectivity index (χ2n) is 8.15. The Balaban J connectivity index is 1.32. The van der Waals surface area contributed by atoms with E-state index >= 15 is 0 Å². The zero-order valence-corrected chi connectivity index (χ0v) is 18.7. The van der Waals surface area contributed by atoms with Crippen LogP contribution in [0.5, 0.6) is 11.5 Å². The lowest BCUT2D eigenvalue weighted by atomic mass is 9.96. The minimum Gasteiger partial charge on any atom is -0.486 e. The molecule has 2 aromatic carbocycles. The van der Waals surface area contributed by atoms with Crippen molar-refractivity contribution in [2.24, 2.45) is 5.92 Å². The molecule has 172 valence electrons. The minimum atomic E-state index is -3.65. The van der Waals surface area contributed by atoms with Gasteiger partial charge in [0.2, 0.25) is 15.9 Å². The fourth-order valence-corrected chi connectivity index (χ4v) is 5.62. The number of amides is 1. The molecule has 4 rings (SSSR count). The molecule has 2 aliphatic heterocycles. The normalized spacial score (nSPS) is 18.2. The molecule has 2 aliphatic rings. The molecule has 0 radical (unpaired) electrons. The monoisotopic (exact) mass is 462 g/mol. The van der Waals surface area contributed by atoms with Crippen LogP contribution in [0.15, 0.2) is 42.5 Å². The number of piperidine rings is 1. The zero-order valence-electron chi connectivity index (χ0n) is 17.9. The van der Waals surface area contributed by atoms with Gasteiger partial charge in [-0.1, -0.05) is 24.3 Å². The van der Waals surface area contributed by atoms with Crippen molar-refractivity contribution in [1.29, 1.82) is 0 Å². The van der Waals surface area contributed by atoms with Crippen molar-refractivity contribution < 1.29 is 27.1 Å². The van der Waals surface area contributed by atoms with Crippen molar-refractivity contribution in [2.75, 3.05) is 26.3 Å². The molecule has 2 heterocycles. The van der Waals surface area contributed by atoms with E-state index in [1.165, 1.54) is 22.5 Å². The van der Waals surface area contributed by atoms with Crippen LogP contribution in [0.2, 0.25) is 0 Å². The third-order valence-electron chi connectivity index (χ3n) is 5.94. The van der Waals surface area contributed by atoms with Crippen LogP contribution in [0.1, 0.15) is 36.9 Å². The number of nitrogens with zero attached hydrogens (tertiary/aromatic N) is 1. The van der Waals surface area contributed by atoms with Crippen molar-refractivity contribution in [3.05, 3.63) is 59.4 Å². The maximum absolute atomic E-state index is 13.9. The Labute approximate surface area is 187 Å². The average Bonchev–Trinajstić information content (AvgIpc) is 2.80. The van der Waals surface area contributed by atoms with Crippen molar-refractivity contribution in [3.63, 3.8) is 0 Å². The molecular formula is C23H27FN2O5S. The van der Waals surface area contributed by atoms with Crippen molar-refractivity contribution in [1.82, 2.24) is 9.62 Å². The van der Waals surface area contributed by atoms with E-state index in [1.54, 1.807) is 6.07 Å². The molecule has 1 amide bonds. The Hall–Kier alpha value is -2.65. The zero-order chi connectivity index (χ0) is 22.7. The summed E-state index contributed by atoms with van der Waals surface area (Å²) in [7, 11) is -3.65. The molecule has 7 nitrogen and oxygen atoms in total. The predicted octanol–water partition coefficient (Wildman–Crippen LogP) is 3.02. The van der Waals surface area contributed by atoms with E-state index < -0.39 is 15.8 Å². The maximum atomic E-state index is 13.9. The number of halogens is 1. The molecule has 0 spiro atoms. The Morgan fingerprint density at radius 2 is 1.81 bits per heavy atom. The van der Waals surface area contributed by atoms with E-state index in [0.29, 0.717) is 37.6 Å². The number of rotatable bonds is 6. The Bertz CT molecular complexity index is 1080. The molecule has 1 unspecified atom stereocenters. The Kier molecular flexibility index (Phi) is 6.66. The van der Waals surface area contributed by atoms with Crippen molar-refractivity contribution >= 4 is 15.9 Å². The SMILES string of the molecule is CC(NC(=O)C1CCN(S(=O)(=O)Cc2ccccc2F)CC1)c1ccc2c(c1)OCCO2. The Morgan fingerprint density at radius 3 is 2.53 bits per heavy atom. The quantitative estimate of drug-likeness (QED) is 0.713. The molecule has 32 heavy (non-hydrogen) atoms. The first-order chi connectivity index (χ1) is 15.3. The number of carbonyl (C=O) groups is 1. The number of nitrogens with one attached hydrogen (secondary N) is 1. The highest BCUT2D eigenvalue weighted by molar-refractivity contribution is 7.88. The van der Waals surface area contributed by atoms with Gasteiger partial charge in [0.1, 0.15) is 19.0 Å². The largest absolute Gasteiger partial charge is 0.486 e. The first-order valence-corrected chi connectivity index (χ1v) is 12.4. The number of ether oxygens (including phenoxy) is 2. The average molecular weight is 463 g/mol. The van der Waals surface area contributed by atoms with E-state index in [1.807, 2.05) is 25.1 Å². The predicted molar refractivity (Wildman–Crippen MR) is 117 cm³/mol. The second kappa shape index (κ2) is 9.46. The van der Waals surface area contributed by atoms with Crippen LogP contribution in [0, 0.1) is 11.7 Å². The molecule has 1 atom stereocenters. The number of benzene rings is 2. The van der Waals surface area contributed by atoms with E-state index in [4.69, 9.17) is 9.47 Å². The van der Waals surface area contributed by atoms with Crippen LogP contribution in [-0.2, 0) is 20.6 Å². The summed E-state index contributed by atoms with van der Waals surface area (Å²) < 4.78 is 51.7. The van der Waals surface area contributed by atoms with Gasteiger partial charge in [-0.2, -0.15) is 0 Å². The molecule has 1 saturated heterocycles. The number of sulfonamides is 1. The summed E-state index contributed by atoms with van der Waals surface area (Å²) in [5, 5.41) is 3.02. The summed E-state index contributed by atoms with van der Waals surface area (Å²) in [4.78, 5) is 12.8. The fourth-order valence-electron chi connectivity index (χ4n) is 4.04. The highest BCUT2D eigenvalue weighted by Crippen LogP contribution is 2.33. The third kappa shape index (κ3) is 5.05. The highest BCUT2D eigenvalue weighted by atomic mass is 32.2. The summed E-state index contributed by atoms with van der Waals surface area (Å²) in [6.45, 7) is 3.40. The topological polar surface area (TPSA) is 84.9 Å². The van der Waals surface area contributed by atoms with Gasteiger partial charge in [0.25, 0.3) is 0 Å². The van der Waals surface area contributed by atoms with Gasteiger partial charge >= 0.3 is 0 Å². The maximum Gasteiger partial charge on any atom is 0.223 e. The van der Waals surface area contributed by atoms with Crippen LogP contribution < -0.4 is 14.8 Å². The summed E-state index contributed by atoms with van der Waals surface area (Å²) in [5.74, 6) is 0.0924. The van der Waals surface area contributed by atoms with Crippen LogP contribution in [0.4, 0.5) is 4.39 Å². The van der Waals surface area contributed by atoms with Gasteiger partial charge in [-0.15, -0.1) is 0 Å². The summed E-state index contributed by atoms with van der Waals surface area (Å²) >= 11 is 0. The number of carbonyl (C=O) groups excluding carboxylic acids is 1. The first kappa shape index (κ1) is 22.5. The van der Waals surface area contributed by atoms with E-state index in [9.17, 15) is 17.6 Å². The molecule has 1 fully saturated rings. The van der Waals surface area contributed by atoms with Gasteiger partial charge in [-0.25, -0.2) is 17.1 Å². The standard InChI is InChI=1S/C23H27FN2O5S/c1-16(18-6-7-21-22(14-18)31-13-12-30-21)25-23(27)17-8-10-26(11-9-17)32(28,29)15-19-4-2-3-5-20(19)24/h2-7,14,16-17H,8-13,15H2,1H3,(H,25,27). The highest BCUT2D eigenvalue weighted by Gasteiger charge is 2.32. The molecule has 0 aromatic heterocycles. The van der Waals surface area contributed by atoms with Crippen LogP contribution in [0.25, 0.3) is 0 Å². The van der Waals surface area contributed by atoms with Crippen molar-refractivity contribution in [2.45, 2.75) is 31.6 Å². The minimum absolute atomic E-state index is 0.0986. The molecule has 1 N–H and O–H groups in total. The molecule has 0 aliphatic carbocycles. The van der Waals surface area contributed by atoms with Crippen molar-refractivity contribution in [3.8, 4) is 11.5 Å². The van der Waals surface area contributed by atoms with Crippen LogP contribution in [0.3, 0.4) is 0 Å². The van der Waals surface area contributed by atoms with E-state index in [-0.39, 0.29) is 42.3 Å². The molecule has 0 bridgehead atoms.